The molecule has 0 spiro atoms. The summed E-state index contributed by atoms with van der Waals surface area (Å²) in [6, 6.07) is 21.4. The van der Waals surface area contributed by atoms with Gasteiger partial charge < -0.3 is 15.0 Å². The molecule has 4 rings (SSSR count). The second-order valence-corrected chi connectivity index (χ2v) is 8.31. The van der Waals surface area contributed by atoms with Crippen LogP contribution in [0.3, 0.4) is 0 Å². The Hall–Kier alpha value is -3.45. The molecule has 0 radical (unpaired) electrons. The fourth-order valence-corrected chi connectivity index (χ4v) is 4.18. The molecule has 170 valence electrons. The van der Waals surface area contributed by atoms with E-state index in [1.54, 1.807) is 10.6 Å². The number of carbonyl (C=O) groups excluding carboxylic acids is 1. The number of aromatic nitrogens is 2. The van der Waals surface area contributed by atoms with E-state index in [1.807, 2.05) is 60.7 Å². The van der Waals surface area contributed by atoms with Crippen molar-refractivity contribution in [3.05, 3.63) is 81.9 Å². The van der Waals surface area contributed by atoms with Gasteiger partial charge in [-0.3, -0.25) is 14.2 Å². The molecule has 0 atom stereocenters. The molecule has 33 heavy (non-hydrogen) atoms. The van der Waals surface area contributed by atoms with Crippen LogP contribution in [-0.4, -0.2) is 28.6 Å². The maximum Gasteiger partial charge on any atom is 0.262 e. The monoisotopic (exact) mass is 461 g/mol. The minimum absolute atomic E-state index is 0.0108. The Bertz CT molecular complexity index is 1370. The minimum atomic E-state index is -0.0710. The highest BCUT2D eigenvalue weighted by Gasteiger charge is 2.06. The fraction of sp³-hybridized carbons (Fsp3) is 0.269. The van der Waals surface area contributed by atoms with Gasteiger partial charge in [0, 0.05) is 18.4 Å². The molecular formula is C26H27N3O3S. The first-order valence-electron chi connectivity index (χ1n) is 11.2. The number of ether oxygens (including phenoxy) is 1. The van der Waals surface area contributed by atoms with E-state index in [0.29, 0.717) is 36.3 Å². The number of hydrogen-bond donors (Lipinski definition) is 2. The van der Waals surface area contributed by atoms with Gasteiger partial charge in [-0.2, -0.15) is 0 Å². The van der Waals surface area contributed by atoms with Gasteiger partial charge in [-0.15, -0.1) is 0 Å². The Morgan fingerprint density at radius 1 is 0.939 bits per heavy atom. The molecule has 0 aliphatic carbocycles. The number of amides is 1. The molecule has 0 bridgehead atoms. The fourth-order valence-electron chi connectivity index (χ4n) is 3.90. The average molecular weight is 462 g/mol. The molecule has 0 saturated heterocycles. The smallest absolute Gasteiger partial charge is 0.262 e. The first-order valence-corrected chi connectivity index (χ1v) is 11.6. The van der Waals surface area contributed by atoms with Gasteiger partial charge >= 0.3 is 0 Å². The zero-order valence-electron chi connectivity index (χ0n) is 18.4. The zero-order valence-corrected chi connectivity index (χ0v) is 19.2. The number of unbranched alkanes of at least 4 members (excludes halogenated alkanes) is 2. The number of hydrogen-bond acceptors (Lipinski definition) is 4. The van der Waals surface area contributed by atoms with Gasteiger partial charge in [0.2, 0.25) is 5.91 Å². The molecule has 0 fully saturated rings. The lowest BCUT2D eigenvalue weighted by molar-refractivity contribution is -0.121. The van der Waals surface area contributed by atoms with Crippen LogP contribution in [0, 0.1) is 4.77 Å². The predicted molar refractivity (Wildman–Crippen MR) is 134 cm³/mol. The predicted octanol–water partition coefficient (Wildman–Crippen LogP) is 4.97. The Morgan fingerprint density at radius 3 is 2.58 bits per heavy atom. The number of H-pyrrole nitrogens is 1. The second kappa shape index (κ2) is 10.9. The largest absolute Gasteiger partial charge is 0.491 e. The summed E-state index contributed by atoms with van der Waals surface area (Å²) in [4.78, 5) is 27.9. The Kier molecular flexibility index (Phi) is 7.52. The highest BCUT2D eigenvalue weighted by atomic mass is 32.1. The van der Waals surface area contributed by atoms with Crippen LogP contribution >= 0.6 is 12.2 Å². The van der Waals surface area contributed by atoms with Crippen LogP contribution in [-0.2, 0) is 11.3 Å². The highest BCUT2D eigenvalue weighted by Crippen LogP contribution is 2.24. The van der Waals surface area contributed by atoms with Gasteiger partial charge in [0.1, 0.15) is 12.4 Å². The van der Waals surface area contributed by atoms with Gasteiger partial charge in [-0.25, -0.2) is 0 Å². The molecule has 3 aromatic carbocycles. The Morgan fingerprint density at radius 2 is 1.70 bits per heavy atom. The highest BCUT2D eigenvalue weighted by molar-refractivity contribution is 7.71. The molecule has 7 heteroatoms. The summed E-state index contributed by atoms with van der Waals surface area (Å²) in [5.41, 5.74) is 0.683. The molecular weight excluding hydrogens is 434 g/mol. The van der Waals surface area contributed by atoms with Crippen LogP contribution < -0.4 is 15.6 Å². The first-order chi connectivity index (χ1) is 16.1. The van der Waals surface area contributed by atoms with Crippen LogP contribution in [0.1, 0.15) is 25.7 Å². The maximum atomic E-state index is 12.6. The van der Waals surface area contributed by atoms with E-state index in [-0.39, 0.29) is 11.5 Å². The molecule has 0 aliphatic heterocycles. The summed E-state index contributed by atoms with van der Waals surface area (Å²) in [5.74, 6) is 0.835. The van der Waals surface area contributed by atoms with Crippen LogP contribution in [0.4, 0.5) is 0 Å². The molecule has 2 N–H and O–H groups in total. The molecule has 0 unspecified atom stereocenters. The molecule has 1 aromatic heterocycles. The number of para-hydroxylation sites is 1. The normalized spacial score (nSPS) is 11.0. The molecule has 1 amide bonds. The number of aromatic amines is 1. The van der Waals surface area contributed by atoms with Crippen molar-refractivity contribution in [3.63, 3.8) is 0 Å². The average Bonchev–Trinajstić information content (AvgIpc) is 2.83. The van der Waals surface area contributed by atoms with Gasteiger partial charge in [-0.05, 0) is 48.6 Å². The summed E-state index contributed by atoms with van der Waals surface area (Å²) in [5, 5.41) is 5.74. The summed E-state index contributed by atoms with van der Waals surface area (Å²) >= 11 is 5.34. The van der Waals surface area contributed by atoms with Crippen molar-refractivity contribution >= 4 is 39.8 Å². The van der Waals surface area contributed by atoms with Crippen molar-refractivity contribution in [2.24, 2.45) is 0 Å². The van der Waals surface area contributed by atoms with Crippen molar-refractivity contribution in [3.8, 4) is 5.75 Å². The summed E-state index contributed by atoms with van der Waals surface area (Å²) in [7, 11) is 0. The van der Waals surface area contributed by atoms with E-state index < -0.39 is 0 Å². The quantitative estimate of drug-likeness (QED) is 0.258. The van der Waals surface area contributed by atoms with E-state index in [2.05, 4.69) is 10.3 Å². The van der Waals surface area contributed by atoms with E-state index in [1.165, 1.54) is 0 Å². The molecule has 4 aromatic rings. The van der Waals surface area contributed by atoms with Crippen molar-refractivity contribution in [2.45, 2.75) is 32.2 Å². The van der Waals surface area contributed by atoms with Crippen molar-refractivity contribution in [1.82, 2.24) is 14.9 Å². The number of rotatable bonds is 10. The third kappa shape index (κ3) is 5.68. The van der Waals surface area contributed by atoms with Gasteiger partial charge in [0.25, 0.3) is 5.56 Å². The zero-order chi connectivity index (χ0) is 23.0. The van der Waals surface area contributed by atoms with E-state index in [4.69, 9.17) is 17.0 Å². The van der Waals surface area contributed by atoms with Gasteiger partial charge in [-0.1, -0.05) is 55.0 Å². The van der Waals surface area contributed by atoms with Gasteiger partial charge in [0.15, 0.2) is 4.77 Å². The van der Waals surface area contributed by atoms with Crippen LogP contribution in [0.25, 0.3) is 21.7 Å². The van der Waals surface area contributed by atoms with Crippen molar-refractivity contribution < 1.29 is 9.53 Å². The standard InChI is InChI=1S/C26H27N3O3S/c30-24(27-16-18-32-23-14-8-10-19-9-3-4-11-20(19)23)15-2-1-7-17-29-25(31)21-12-5-6-13-22(21)28-26(29)33/h3-6,8-14H,1-2,7,15-18H2,(H,27,30)(H,28,33). The number of fused-ring (bicyclic) bond motifs is 2. The maximum absolute atomic E-state index is 12.6. The summed E-state index contributed by atoms with van der Waals surface area (Å²) in [6.45, 7) is 1.42. The van der Waals surface area contributed by atoms with E-state index >= 15 is 0 Å². The van der Waals surface area contributed by atoms with E-state index in [0.717, 1.165) is 41.3 Å². The number of benzene rings is 3. The summed E-state index contributed by atoms with van der Waals surface area (Å²) in [6.07, 6.45) is 2.84. The SMILES string of the molecule is O=C(CCCCCn1c(=S)[nH]c2ccccc2c1=O)NCCOc1cccc2ccccc12. The summed E-state index contributed by atoms with van der Waals surface area (Å²) < 4.78 is 7.89. The van der Waals surface area contributed by atoms with Crippen LogP contribution in [0.5, 0.6) is 5.75 Å². The molecule has 6 nitrogen and oxygen atoms in total. The van der Waals surface area contributed by atoms with Crippen LogP contribution in [0.2, 0.25) is 0 Å². The Balaban J connectivity index is 1.16. The molecule has 1 heterocycles. The number of carbonyl (C=O) groups is 1. The topological polar surface area (TPSA) is 76.1 Å². The lowest BCUT2D eigenvalue weighted by Gasteiger charge is -2.10. The van der Waals surface area contributed by atoms with Crippen LogP contribution in [0.15, 0.2) is 71.5 Å². The van der Waals surface area contributed by atoms with Gasteiger partial charge in [0.05, 0.1) is 17.4 Å². The Labute approximate surface area is 197 Å². The first kappa shape index (κ1) is 22.7. The third-order valence-corrected chi connectivity index (χ3v) is 5.93. The lowest BCUT2D eigenvalue weighted by atomic mass is 10.1. The minimum Gasteiger partial charge on any atom is -0.491 e. The third-order valence-electron chi connectivity index (χ3n) is 5.61. The second-order valence-electron chi connectivity index (χ2n) is 7.92. The van der Waals surface area contributed by atoms with Crippen molar-refractivity contribution in [1.29, 1.82) is 0 Å². The number of nitrogens with one attached hydrogen (secondary N) is 2. The lowest BCUT2D eigenvalue weighted by Crippen LogP contribution is -2.27. The van der Waals surface area contributed by atoms with Crippen molar-refractivity contribution in [2.75, 3.05) is 13.2 Å². The van der Waals surface area contributed by atoms with E-state index in [9.17, 15) is 9.59 Å². The molecule has 0 aliphatic rings. The number of nitrogens with zero attached hydrogens (tertiary/aromatic N) is 1. The molecule has 0 saturated carbocycles.